The standard InChI is InChI=1S/C8H8O4/c9-7(10)5-3-1-2-4-6(5)8(11)12/h1-6H,(H,9,10)(H,11,12)/t5-,6+. The number of hydrogen-bond acceptors (Lipinski definition) is 2. The van der Waals surface area contributed by atoms with Crippen LogP contribution in [0.5, 0.6) is 0 Å². The Bertz CT molecular complexity index is 236. The summed E-state index contributed by atoms with van der Waals surface area (Å²) in [5.41, 5.74) is 0. The zero-order chi connectivity index (χ0) is 9.14. The molecule has 0 amide bonds. The summed E-state index contributed by atoms with van der Waals surface area (Å²) in [5.74, 6) is -4.09. The van der Waals surface area contributed by atoms with E-state index in [4.69, 9.17) is 10.2 Å². The summed E-state index contributed by atoms with van der Waals surface area (Å²) in [7, 11) is 0. The third kappa shape index (κ3) is 1.53. The zero-order valence-electron chi connectivity index (χ0n) is 6.18. The van der Waals surface area contributed by atoms with Crippen molar-refractivity contribution >= 4 is 11.9 Å². The Labute approximate surface area is 68.8 Å². The second kappa shape index (κ2) is 3.21. The van der Waals surface area contributed by atoms with Crippen molar-refractivity contribution in [1.29, 1.82) is 0 Å². The van der Waals surface area contributed by atoms with Gasteiger partial charge in [-0.1, -0.05) is 24.3 Å². The van der Waals surface area contributed by atoms with Crippen molar-refractivity contribution in [1.82, 2.24) is 0 Å². The fraction of sp³-hybridized carbons (Fsp3) is 0.250. The molecule has 4 nitrogen and oxygen atoms in total. The normalized spacial score (nSPS) is 27.0. The van der Waals surface area contributed by atoms with Gasteiger partial charge in [-0.2, -0.15) is 0 Å². The molecular weight excluding hydrogens is 160 g/mol. The SMILES string of the molecule is O=C(O)[C@H]1C=CC=C[C@H]1C(=O)O. The molecule has 2 N–H and O–H groups in total. The Kier molecular flexibility index (Phi) is 2.28. The molecule has 2 atom stereocenters. The van der Waals surface area contributed by atoms with E-state index in [2.05, 4.69) is 0 Å². The van der Waals surface area contributed by atoms with Crippen LogP contribution >= 0.6 is 0 Å². The van der Waals surface area contributed by atoms with E-state index in [1.54, 1.807) is 0 Å². The maximum atomic E-state index is 10.5. The second-order valence-corrected chi connectivity index (χ2v) is 2.50. The van der Waals surface area contributed by atoms with Crippen molar-refractivity contribution in [2.45, 2.75) is 0 Å². The van der Waals surface area contributed by atoms with E-state index in [0.717, 1.165) is 0 Å². The van der Waals surface area contributed by atoms with E-state index in [1.807, 2.05) is 0 Å². The van der Waals surface area contributed by atoms with Crippen LogP contribution in [-0.4, -0.2) is 22.2 Å². The number of carboxylic acids is 2. The van der Waals surface area contributed by atoms with E-state index in [9.17, 15) is 9.59 Å². The van der Waals surface area contributed by atoms with Gasteiger partial charge in [-0.25, -0.2) is 0 Å². The molecule has 4 heteroatoms. The van der Waals surface area contributed by atoms with Crippen molar-refractivity contribution in [2.75, 3.05) is 0 Å². The van der Waals surface area contributed by atoms with Crippen LogP contribution in [0.3, 0.4) is 0 Å². The van der Waals surface area contributed by atoms with Crippen LogP contribution in [-0.2, 0) is 9.59 Å². The minimum absolute atomic E-state index is 0.938. The lowest BCUT2D eigenvalue weighted by Gasteiger charge is -2.15. The van der Waals surface area contributed by atoms with Crippen LogP contribution < -0.4 is 0 Å². The van der Waals surface area contributed by atoms with Crippen molar-refractivity contribution < 1.29 is 19.8 Å². The smallest absolute Gasteiger partial charge is 0.311 e. The number of carbonyl (C=O) groups is 2. The molecule has 0 heterocycles. The molecule has 0 saturated heterocycles. The van der Waals surface area contributed by atoms with Crippen LogP contribution in [0.4, 0.5) is 0 Å². The summed E-state index contributed by atoms with van der Waals surface area (Å²) < 4.78 is 0. The van der Waals surface area contributed by atoms with E-state index >= 15 is 0 Å². The largest absolute Gasteiger partial charge is 0.481 e. The van der Waals surface area contributed by atoms with Crippen LogP contribution in [0.1, 0.15) is 0 Å². The molecule has 0 radical (unpaired) electrons. The average molecular weight is 168 g/mol. The molecule has 1 aliphatic rings. The lowest BCUT2D eigenvalue weighted by molar-refractivity contribution is -0.149. The van der Waals surface area contributed by atoms with Gasteiger partial charge in [-0.05, 0) is 0 Å². The van der Waals surface area contributed by atoms with Gasteiger partial charge in [0.15, 0.2) is 0 Å². The first-order chi connectivity index (χ1) is 5.63. The molecule has 0 saturated carbocycles. The predicted molar refractivity (Wildman–Crippen MR) is 40.5 cm³/mol. The molecule has 0 fully saturated rings. The van der Waals surface area contributed by atoms with Gasteiger partial charge in [0, 0.05) is 0 Å². The molecule has 1 aliphatic carbocycles. The Balaban J connectivity index is 2.85. The Morgan fingerprint density at radius 3 is 1.50 bits per heavy atom. The molecule has 0 aromatic heterocycles. The number of aliphatic carboxylic acids is 2. The molecule has 0 bridgehead atoms. The number of rotatable bonds is 2. The Morgan fingerprint density at radius 1 is 0.917 bits per heavy atom. The molecule has 0 spiro atoms. The molecule has 0 aromatic carbocycles. The molecule has 0 aromatic rings. The van der Waals surface area contributed by atoms with Gasteiger partial charge < -0.3 is 10.2 Å². The van der Waals surface area contributed by atoms with Crippen LogP contribution in [0.25, 0.3) is 0 Å². The van der Waals surface area contributed by atoms with Gasteiger partial charge in [-0.15, -0.1) is 0 Å². The summed E-state index contributed by atoms with van der Waals surface area (Å²) >= 11 is 0. The van der Waals surface area contributed by atoms with E-state index in [-0.39, 0.29) is 0 Å². The molecule has 1 rings (SSSR count). The first kappa shape index (κ1) is 8.52. The summed E-state index contributed by atoms with van der Waals surface area (Å²) in [5, 5.41) is 17.2. The minimum atomic E-state index is -1.11. The lowest BCUT2D eigenvalue weighted by Crippen LogP contribution is -2.27. The van der Waals surface area contributed by atoms with Gasteiger partial charge in [0.1, 0.15) is 0 Å². The summed E-state index contributed by atoms with van der Waals surface area (Å²) in [6.45, 7) is 0. The van der Waals surface area contributed by atoms with Crippen molar-refractivity contribution in [3.63, 3.8) is 0 Å². The monoisotopic (exact) mass is 168 g/mol. The quantitative estimate of drug-likeness (QED) is 0.630. The molecule has 0 unspecified atom stereocenters. The second-order valence-electron chi connectivity index (χ2n) is 2.50. The highest BCUT2D eigenvalue weighted by atomic mass is 16.4. The van der Waals surface area contributed by atoms with Gasteiger partial charge in [0.25, 0.3) is 0 Å². The number of hydrogen-bond donors (Lipinski definition) is 2. The maximum absolute atomic E-state index is 10.5. The molecule has 64 valence electrons. The zero-order valence-corrected chi connectivity index (χ0v) is 6.18. The van der Waals surface area contributed by atoms with Gasteiger partial charge in [0.05, 0.1) is 11.8 Å². The fourth-order valence-electron chi connectivity index (χ4n) is 1.08. The van der Waals surface area contributed by atoms with Crippen LogP contribution in [0.15, 0.2) is 24.3 Å². The van der Waals surface area contributed by atoms with E-state index < -0.39 is 23.8 Å². The Hall–Kier alpha value is -1.58. The summed E-state index contributed by atoms with van der Waals surface area (Å²) in [4.78, 5) is 21.0. The topological polar surface area (TPSA) is 74.6 Å². The number of carboxylic acid groups (broad SMARTS) is 2. The first-order valence-corrected chi connectivity index (χ1v) is 3.43. The minimum Gasteiger partial charge on any atom is -0.481 e. The van der Waals surface area contributed by atoms with Crippen molar-refractivity contribution in [3.8, 4) is 0 Å². The summed E-state index contributed by atoms with van der Waals surface area (Å²) in [6.07, 6.45) is 5.83. The van der Waals surface area contributed by atoms with Crippen LogP contribution in [0, 0.1) is 11.8 Å². The third-order valence-electron chi connectivity index (χ3n) is 1.71. The first-order valence-electron chi connectivity index (χ1n) is 3.43. The highest BCUT2D eigenvalue weighted by Gasteiger charge is 2.30. The maximum Gasteiger partial charge on any atom is 0.311 e. The van der Waals surface area contributed by atoms with E-state index in [0.29, 0.717) is 0 Å². The molecular formula is C8H8O4. The van der Waals surface area contributed by atoms with Crippen molar-refractivity contribution in [2.24, 2.45) is 11.8 Å². The fourth-order valence-corrected chi connectivity index (χ4v) is 1.08. The highest BCUT2D eigenvalue weighted by molar-refractivity contribution is 5.83. The molecule has 12 heavy (non-hydrogen) atoms. The van der Waals surface area contributed by atoms with E-state index in [1.165, 1.54) is 24.3 Å². The third-order valence-corrected chi connectivity index (χ3v) is 1.71. The average Bonchev–Trinajstić information content (AvgIpc) is 2.04. The van der Waals surface area contributed by atoms with Crippen molar-refractivity contribution in [3.05, 3.63) is 24.3 Å². The highest BCUT2D eigenvalue weighted by Crippen LogP contribution is 2.19. The van der Waals surface area contributed by atoms with Gasteiger partial charge >= 0.3 is 11.9 Å². The van der Waals surface area contributed by atoms with Crippen LogP contribution in [0.2, 0.25) is 0 Å². The predicted octanol–water partition coefficient (Wildman–Crippen LogP) is 0.514. The lowest BCUT2D eigenvalue weighted by atomic mass is 9.89. The van der Waals surface area contributed by atoms with Gasteiger partial charge in [-0.3, -0.25) is 9.59 Å². The summed E-state index contributed by atoms with van der Waals surface area (Å²) in [6, 6.07) is 0. The number of allylic oxidation sites excluding steroid dienone is 2. The molecule has 0 aliphatic heterocycles. The van der Waals surface area contributed by atoms with Gasteiger partial charge in [0.2, 0.25) is 0 Å². The Morgan fingerprint density at radius 2 is 1.25 bits per heavy atom.